The molecule has 2 rings (SSSR count). The van der Waals surface area contributed by atoms with E-state index < -0.39 is 0 Å². The zero-order valence-electron chi connectivity index (χ0n) is 11.3. The number of morpholine rings is 1. The van der Waals surface area contributed by atoms with Gasteiger partial charge in [-0.3, -0.25) is 0 Å². The summed E-state index contributed by atoms with van der Waals surface area (Å²) in [6.07, 6.45) is 0. The zero-order valence-corrected chi connectivity index (χ0v) is 13.6. The lowest BCUT2D eigenvalue weighted by Crippen LogP contribution is -3.14. The Labute approximate surface area is 135 Å². The number of thioether (sulfide) groups is 1. The van der Waals surface area contributed by atoms with Crippen molar-refractivity contribution in [3.8, 4) is 5.88 Å². The first-order valence-electron chi connectivity index (χ1n) is 6.59. The zero-order chi connectivity index (χ0) is 13.3. The van der Waals surface area contributed by atoms with Crippen molar-refractivity contribution >= 4 is 23.4 Å². The molecule has 7 heteroatoms. The molecule has 1 saturated heterocycles. The predicted molar refractivity (Wildman–Crippen MR) is 78.4 cm³/mol. The topological polar surface area (TPSA) is 35.8 Å². The van der Waals surface area contributed by atoms with Gasteiger partial charge in [-0.05, 0) is 6.07 Å². The Morgan fingerprint density at radius 2 is 2.10 bits per heavy atom. The molecule has 2 heterocycles. The van der Waals surface area contributed by atoms with Gasteiger partial charge in [-0.1, -0.05) is 17.7 Å². The van der Waals surface area contributed by atoms with Gasteiger partial charge in [0.25, 0.3) is 0 Å². The second kappa shape index (κ2) is 10.5. The third-order valence-corrected chi connectivity index (χ3v) is 4.13. The van der Waals surface area contributed by atoms with Crippen LogP contribution in [0.3, 0.4) is 0 Å². The van der Waals surface area contributed by atoms with Crippen molar-refractivity contribution in [1.82, 2.24) is 4.98 Å². The molecule has 0 unspecified atom stereocenters. The van der Waals surface area contributed by atoms with Gasteiger partial charge in [0.05, 0.1) is 26.4 Å². The number of ether oxygens (including phenoxy) is 2. The molecule has 0 atom stereocenters. The van der Waals surface area contributed by atoms with Crippen LogP contribution in [0.5, 0.6) is 5.88 Å². The van der Waals surface area contributed by atoms with Crippen LogP contribution in [0, 0.1) is 0 Å². The molecule has 0 aromatic carbocycles. The summed E-state index contributed by atoms with van der Waals surface area (Å²) in [5.41, 5.74) is 0. The van der Waals surface area contributed by atoms with E-state index in [-0.39, 0.29) is 12.4 Å². The highest BCUT2D eigenvalue weighted by Crippen LogP contribution is 2.11. The fraction of sp³-hybridized carbons (Fsp3) is 0.615. The van der Waals surface area contributed by atoms with E-state index in [4.69, 9.17) is 21.1 Å². The molecule has 1 N–H and O–H groups in total. The number of rotatable bonds is 7. The van der Waals surface area contributed by atoms with E-state index in [2.05, 4.69) is 4.98 Å². The van der Waals surface area contributed by atoms with Crippen LogP contribution in [0.15, 0.2) is 18.2 Å². The maximum Gasteiger partial charge on any atom is 0.214 e. The van der Waals surface area contributed by atoms with Gasteiger partial charge in [-0.15, -0.1) is 0 Å². The summed E-state index contributed by atoms with van der Waals surface area (Å²) in [4.78, 5) is 5.73. The van der Waals surface area contributed by atoms with Crippen LogP contribution in [0.4, 0.5) is 0 Å². The van der Waals surface area contributed by atoms with E-state index in [1.54, 1.807) is 11.0 Å². The number of halogens is 2. The van der Waals surface area contributed by atoms with Crippen molar-refractivity contribution in [1.29, 1.82) is 0 Å². The highest BCUT2D eigenvalue weighted by Gasteiger charge is 2.12. The summed E-state index contributed by atoms with van der Waals surface area (Å²) in [5.74, 6) is 2.76. The van der Waals surface area contributed by atoms with Gasteiger partial charge in [-0.2, -0.15) is 11.8 Å². The van der Waals surface area contributed by atoms with Crippen LogP contribution >= 0.6 is 23.4 Å². The number of hydrogen-bond donors (Lipinski definition) is 1. The molecule has 0 saturated carbocycles. The van der Waals surface area contributed by atoms with Crippen LogP contribution in [-0.4, -0.2) is 55.9 Å². The van der Waals surface area contributed by atoms with Gasteiger partial charge in [0.15, 0.2) is 0 Å². The van der Waals surface area contributed by atoms with Crippen molar-refractivity contribution in [2.45, 2.75) is 0 Å². The number of aromatic nitrogens is 1. The summed E-state index contributed by atoms with van der Waals surface area (Å²) in [6.45, 7) is 5.99. The average Bonchev–Trinajstić information content (AvgIpc) is 2.44. The number of pyridine rings is 1. The highest BCUT2D eigenvalue weighted by atomic mass is 35.5. The van der Waals surface area contributed by atoms with Crippen molar-refractivity contribution in [3.63, 3.8) is 0 Å². The summed E-state index contributed by atoms with van der Waals surface area (Å²) < 4.78 is 10.9. The van der Waals surface area contributed by atoms with E-state index in [9.17, 15) is 0 Å². The lowest BCUT2D eigenvalue weighted by atomic mass is 10.4. The van der Waals surface area contributed by atoms with E-state index in [1.807, 2.05) is 23.9 Å². The minimum absolute atomic E-state index is 0. The fourth-order valence-corrected chi connectivity index (χ4v) is 2.90. The van der Waals surface area contributed by atoms with Gasteiger partial charge < -0.3 is 26.8 Å². The van der Waals surface area contributed by atoms with Crippen molar-refractivity contribution < 1.29 is 26.8 Å². The van der Waals surface area contributed by atoms with Crippen LogP contribution < -0.4 is 22.0 Å². The lowest BCUT2D eigenvalue weighted by Gasteiger charge is -2.23. The molecule has 1 aromatic rings. The molecular weight excluding hydrogens is 319 g/mol. The first-order valence-corrected chi connectivity index (χ1v) is 8.12. The number of nitrogens with zero attached hydrogens (tertiary/aromatic N) is 1. The monoisotopic (exact) mass is 338 g/mol. The Balaban J connectivity index is 0.00000200. The van der Waals surface area contributed by atoms with E-state index in [0.29, 0.717) is 17.6 Å². The van der Waals surface area contributed by atoms with Gasteiger partial charge in [0, 0.05) is 17.6 Å². The molecule has 114 valence electrons. The van der Waals surface area contributed by atoms with E-state index >= 15 is 0 Å². The van der Waals surface area contributed by atoms with Gasteiger partial charge >= 0.3 is 0 Å². The van der Waals surface area contributed by atoms with Gasteiger partial charge in [-0.25, -0.2) is 4.98 Å². The molecule has 0 aliphatic carbocycles. The Kier molecular flexibility index (Phi) is 9.39. The smallest absolute Gasteiger partial charge is 0.214 e. The average molecular weight is 339 g/mol. The molecule has 0 amide bonds. The first-order chi connectivity index (χ1) is 9.34. The lowest BCUT2D eigenvalue weighted by molar-refractivity contribution is -0.905. The van der Waals surface area contributed by atoms with Crippen LogP contribution in [0.2, 0.25) is 5.15 Å². The first kappa shape index (κ1) is 17.9. The van der Waals surface area contributed by atoms with Crippen molar-refractivity contribution in [2.24, 2.45) is 0 Å². The number of quaternary nitrogens is 1. The molecule has 1 aliphatic heterocycles. The third-order valence-electron chi connectivity index (χ3n) is 2.97. The molecule has 0 bridgehead atoms. The highest BCUT2D eigenvalue weighted by molar-refractivity contribution is 7.99. The summed E-state index contributed by atoms with van der Waals surface area (Å²) in [6, 6.07) is 5.42. The summed E-state index contributed by atoms with van der Waals surface area (Å²) >= 11 is 7.71. The molecule has 0 radical (unpaired) electrons. The Hall–Kier alpha value is -0.200. The fourth-order valence-electron chi connectivity index (χ4n) is 1.90. The Morgan fingerprint density at radius 3 is 2.85 bits per heavy atom. The van der Waals surface area contributed by atoms with E-state index in [0.717, 1.165) is 32.1 Å². The Morgan fingerprint density at radius 1 is 1.30 bits per heavy atom. The number of nitrogens with one attached hydrogen (secondary N) is 1. The van der Waals surface area contributed by atoms with E-state index in [1.165, 1.54) is 12.3 Å². The second-order valence-corrected chi connectivity index (χ2v) is 5.98. The minimum Gasteiger partial charge on any atom is -1.00 e. The van der Waals surface area contributed by atoms with Crippen molar-refractivity contribution in [3.05, 3.63) is 23.4 Å². The standard InChI is InChI=1S/C13H19ClN2O2S.ClH/c14-12-2-1-3-13(15-12)18-9-11-19-10-6-16-4-7-17-8-5-16;/h1-3H,4-11H2;1H. The molecular formula is C13H20Cl2N2O2S. The Bertz CT molecular complexity index is 379. The summed E-state index contributed by atoms with van der Waals surface area (Å²) in [7, 11) is 0. The molecule has 4 nitrogen and oxygen atoms in total. The molecule has 1 aliphatic rings. The largest absolute Gasteiger partial charge is 1.00 e. The number of hydrogen-bond acceptors (Lipinski definition) is 4. The summed E-state index contributed by atoms with van der Waals surface area (Å²) in [5, 5.41) is 0.473. The van der Waals surface area contributed by atoms with Crippen LogP contribution in [0.1, 0.15) is 0 Å². The third kappa shape index (κ3) is 6.99. The maximum absolute atomic E-state index is 5.78. The molecule has 1 fully saturated rings. The van der Waals surface area contributed by atoms with Crippen LogP contribution in [0.25, 0.3) is 0 Å². The van der Waals surface area contributed by atoms with Crippen molar-refractivity contribution in [2.75, 3.05) is 51.0 Å². The van der Waals surface area contributed by atoms with Crippen LogP contribution in [-0.2, 0) is 4.74 Å². The second-order valence-electron chi connectivity index (χ2n) is 4.37. The molecule has 20 heavy (non-hydrogen) atoms. The SMILES string of the molecule is Clc1cccc(OCCSCC[NH+]2CCOCC2)n1.[Cl-]. The normalized spacial score (nSPS) is 15.7. The molecule has 0 spiro atoms. The quantitative estimate of drug-likeness (QED) is 0.451. The minimum atomic E-state index is 0. The predicted octanol–water partition coefficient (Wildman–Crippen LogP) is -2.23. The molecule has 1 aromatic heterocycles. The maximum atomic E-state index is 5.78. The van der Waals surface area contributed by atoms with Gasteiger partial charge in [0.2, 0.25) is 5.88 Å². The van der Waals surface area contributed by atoms with Gasteiger partial charge in [0.1, 0.15) is 18.2 Å².